The molecule has 62 valence electrons. The molecule has 1 N–H and O–H groups in total. The standard InChI is InChI=1S/C9H9NO2/c1-7(6-10)12-9-4-2-8(11)3-5-9/h2-5,7,11H,1H3. The predicted octanol–water partition coefficient (Wildman–Crippen LogP) is 1.68. The summed E-state index contributed by atoms with van der Waals surface area (Å²) in [7, 11) is 0. The second-order valence-corrected chi connectivity index (χ2v) is 2.38. The molecule has 0 aliphatic heterocycles. The van der Waals surface area contributed by atoms with Crippen LogP contribution in [0.25, 0.3) is 0 Å². The van der Waals surface area contributed by atoms with E-state index in [9.17, 15) is 0 Å². The molecule has 1 aromatic rings. The Morgan fingerprint density at radius 2 is 2.00 bits per heavy atom. The summed E-state index contributed by atoms with van der Waals surface area (Å²) in [5, 5.41) is 17.4. The lowest BCUT2D eigenvalue weighted by Crippen LogP contribution is -2.07. The first-order chi connectivity index (χ1) is 5.72. The van der Waals surface area contributed by atoms with Gasteiger partial charge in [0.05, 0.1) is 0 Å². The molecule has 0 fully saturated rings. The Bertz CT molecular complexity index is 286. The Morgan fingerprint density at radius 1 is 1.42 bits per heavy atom. The van der Waals surface area contributed by atoms with Gasteiger partial charge in [0.2, 0.25) is 0 Å². The van der Waals surface area contributed by atoms with Crippen LogP contribution < -0.4 is 4.74 Å². The van der Waals surface area contributed by atoms with Crippen LogP contribution in [-0.2, 0) is 0 Å². The van der Waals surface area contributed by atoms with Crippen LogP contribution in [0.2, 0.25) is 0 Å². The zero-order valence-electron chi connectivity index (χ0n) is 6.69. The summed E-state index contributed by atoms with van der Waals surface area (Å²) >= 11 is 0. The van der Waals surface area contributed by atoms with Crippen LogP contribution in [0.5, 0.6) is 11.5 Å². The Hall–Kier alpha value is -1.69. The van der Waals surface area contributed by atoms with Crippen molar-refractivity contribution >= 4 is 0 Å². The normalized spacial score (nSPS) is 11.7. The number of ether oxygens (including phenoxy) is 1. The van der Waals surface area contributed by atoms with Gasteiger partial charge in [-0.3, -0.25) is 0 Å². The van der Waals surface area contributed by atoms with Crippen molar-refractivity contribution in [3.05, 3.63) is 24.3 Å². The number of benzene rings is 1. The molecule has 0 aliphatic carbocycles. The van der Waals surface area contributed by atoms with Crippen molar-refractivity contribution in [3.8, 4) is 17.6 Å². The zero-order valence-corrected chi connectivity index (χ0v) is 6.69. The highest BCUT2D eigenvalue weighted by Crippen LogP contribution is 2.16. The van der Waals surface area contributed by atoms with Crippen molar-refractivity contribution in [2.45, 2.75) is 13.0 Å². The van der Waals surface area contributed by atoms with Gasteiger partial charge in [-0.15, -0.1) is 0 Å². The van der Waals surface area contributed by atoms with Crippen LogP contribution in [0.15, 0.2) is 24.3 Å². The van der Waals surface area contributed by atoms with Gasteiger partial charge in [-0.05, 0) is 31.2 Å². The minimum absolute atomic E-state index is 0.187. The summed E-state index contributed by atoms with van der Waals surface area (Å²) in [6, 6.07) is 8.20. The molecular weight excluding hydrogens is 154 g/mol. The molecule has 0 aliphatic rings. The molecule has 1 aromatic carbocycles. The largest absolute Gasteiger partial charge is 0.508 e. The van der Waals surface area contributed by atoms with E-state index in [4.69, 9.17) is 15.1 Å². The van der Waals surface area contributed by atoms with Gasteiger partial charge < -0.3 is 9.84 Å². The third kappa shape index (κ3) is 2.17. The SMILES string of the molecule is CC(C#N)Oc1ccc(O)cc1. The number of nitrogens with zero attached hydrogens (tertiary/aromatic N) is 1. The summed E-state index contributed by atoms with van der Waals surface area (Å²) < 4.78 is 5.15. The van der Waals surface area contributed by atoms with E-state index in [-0.39, 0.29) is 5.75 Å². The Labute approximate surface area is 70.8 Å². The van der Waals surface area contributed by atoms with E-state index in [1.54, 1.807) is 19.1 Å². The van der Waals surface area contributed by atoms with Crippen molar-refractivity contribution in [1.29, 1.82) is 5.26 Å². The molecule has 3 nitrogen and oxygen atoms in total. The Kier molecular flexibility index (Phi) is 2.54. The van der Waals surface area contributed by atoms with Crippen molar-refractivity contribution in [2.24, 2.45) is 0 Å². The first kappa shape index (κ1) is 8.41. The molecule has 1 atom stereocenters. The van der Waals surface area contributed by atoms with E-state index in [1.807, 2.05) is 6.07 Å². The van der Waals surface area contributed by atoms with Gasteiger partial charge in [0.1, 0.15) is 17.6 Å². The monoisotopic (exact) mass is 163 g/mol. The van der Waals surface area contributed by atoms with Crippen LogP contribution in [0.3, 0.4) is 0 Å². The number of phenolic OH excluding ortho intramolecular Hbond substituents is 1. The van der Waals surface area contributed by atoms with Crippen LogP contribution in [0.1, 0.15) is 6.92 Å². The summed E-state index contributed by atoms with van der Waals surface area (Å²) in [6.45, 7) is 1.66. The van der Waals surface area contributed by atoms with Gasteiger partial charge in [0.15, 0.2) is 6.10 Å². The van der Waals surface area contributed by atoms with E-state index in [2.05, 4.69) is 0 Å². The van der Waals surface area contributed by atoms with E-state index in [0.717, 1.165) is 0 Å². The molecule has 0 aromatic heterocycles. The van der Waals surface area contributed by atoms with Crippen molar-refractivity contribution in [1.82, 2.24) is 0 Å². The maximum absolute atomic E-state index is 8.93. The number of rotatable bonds is 2. The number of phenols is 1. The summed E-state index contributed by atoms with van der Waals surface area (Å²) in [4.78, 5) is 0. The van der Waals surface area contributed by atoms with Gasteiger partial charge in [0.25, 0.3) is 0 Å². The predicted molar refractivity (Wildman–Crippen MR) is 43.8 cm³/mol. The molecule has 0 heterocycles. The molecule has 12 heavy (non-hydrogen) atoms. The molecular formula is C9H9NO2. The van der Waals surface area contributed by atoms with Crippen molar-refractivity contribution in [2.75, 3.05) is 0 Å². The fraction of sp³-hybridized carbons (Fsp3) is 0.222. The maximum Gasteiger partial charge on any atom is 0.181 e. The lowest BCUT2D eigenvalue weighted by molar-refractivity contribution is 0.276. The van der Waals surface area contributed by atoms with Gasteiger partial charge in [-0.1, -0.05) is 0 Å². The van der Waals surface area contributed by atoms with Crippen LogP contribution >= 0.6 is 0 Å². The van der Waals surface area contributed by atoms with Gasteiger partial charge in [-0.2, -0.15) is 5.26 Å². The third-order valence-corrected chi connectivity index (χ3v) is 1.33. The number of aromatic hydroxyl groups is 1. The number of nitriles is 1. The smallest absolute Gasteiger partial charge is 0.181 e. The Balaban J connectivity index is 2.66. The zero-order chi connectivity index (χ0) is 8.97. The van der Waals surface area contributed by atoms with E-state index in [0.29, 0.717) is 5.75 Å². The fourth-order valence-corrected chi connectivity index (χ4v) is 0.755. The highest BCUT2D eigenvalue weighted by atomic mass is 16.5. The molecule has 0 amide bonds. The maximum atomic E-state index is 8.93. The highest BCUT2D eigenvalue weighted by Gasteiger charge is 2.00. The van der Waals surface area contributed by atoms with Crippen molar-refractivity contribution in [3.63, 3.8) is 0 Å². The second kappa shape index (κ2) is 3.63. The first-order valence-electron chi connectivity index (χ1n) is 3.57. The lowest BCUT2D eigenvalue weighted by atomic mass is 10.3. The van der Waals surface area contributed by atoms with Crippen molar-refractivity contribution < 1.29 is 9.84 Å². The van der Waals surface area contributed by atoms with E-state index in [1.165, 1.54) is 12.1 Å². The lowest BCUT2D eigenvalue weighted by Gasteiger charge is -2.06. The topological polar surface area (TPSA) is 53.2 Å². The minimum Gasteiger partial charge on any atom is -0.508 e. The van der Waals surface area contributed by atoms with Gasteiger partial charge in [0, 0.05) is 0 Å². The Morgan fingerprint density at radius 3 is 2.50 bits per heavy atom. The summed E-state index contributed by atoms with van der Waals surface area (Å²) in [6.07, 6.45) is -0.463. The first-order valence-corrected chi connectivity index (χ1v) is 3.57. The van der Waals surface area contributed by atoms with Crippen LogP contribution in [0, 0.1) is 11.3 Å². The minimum atomic E-state index is -0.463. The number of hydrogen-bond donors (Lipinski definition) is 1. The third-order valence-electron chi connectivity index (χ3n) is 1.33. The molecule has 0 bridgehead atoms. The fourth-order valence-electron chi connectivity index (χ4n) is 0.755. The highest BCUT2D eigenvalue weighted by molar-refractivity contribution is 5.30. The molecule has 1 rings (SSSR count). The van der Waals surface area contributed by atoms with Gasteiger partial charge >= 0.3 is 0 Å². The van der Waals surface area contributed by atoms with Crippen LogP contribution in [-0.4, -0.2) is 11.2 Å². The quantitative estimate of drug-likeness (QED) is 0.721. The molecule has 0 radical (unpaired) electrons. The average molecular weight is 163 g/mol. The molecule has 3 heteroatoms. The average Bonchev–Trinajstić information content (AvgIpc) is 2.09. The second-order valence-electron chi connectivity index (χ2n) is 2.38. The summed E-state index contributed by atoms with van der Waals surface area (Å²) in [5.74, 6) is 0.772. The summed E-state index contributed by atoms with van der Waals surface area (Å²) in [5.41, 5.74) is 0. The van der Waals surface area contributed by atoms with Gasteiger partial charge in [-0.25, -0.2) is 0 Å². The van der Waals surface area contributed by atoms with E-state index >= 15 is 0 Å². The van der Waals surface area contributed by atoms with Crippen LogP contribution in [0.4, 0.5) is 0 Å². The molecule has 0 saturated carbocycles. The molecule has 1 unspecified atom stereocenters. The number of hydrogen-bond acceptors (Lipinski definition) is 3. The van der Waals surface area contributed by atoms with E-state index < -0.39 is 6.10 Å². The molecule has 0 saturated heterocycles. The molecule has 0 spiro atoms.